The van der Waals surface area contributed by atoms with Crippen molar-refractivity contribution in [2.24, 2.45) is 5.73 Å². The van der Waals surface area contributed by atoms with E-state index in [0.29, 0.717) is 36.2 Å². The summed E-state index contributed by atoms with van der Waals surface area (Å²) in [7, 11) is 0. The van der Waals surface area contributed by atoms with Crippen LogP contribution in [0, 0.1) is 0 Å². The van der Waals surface area contributed by atoms with Gasteiger partial charge in [0, 0.05) is 36.2 Å². The first-order valence-corrected chi connectivity index (χ1v) is 15.0. The summed E-state index contributed by atoms with van der Waals surface area (Å²) in [6.45, 7) is 12.3. The number of amides is 3. The number of furan rings is 1. The van der Waals surface area contributed by atoms with Gasteiger partial charge in [0.2, 0.25) is 11.8 Å². The highest BCUT2D eigenvalue weighted by Crippen LogP contribution is 2.33. The van der Waals surface area contributed by atoms with Crippen LogP contribution >= 0.6 is 0 Å². The molecule has 45 heavy (non-hydrogen) atoms. The SMILES string of the molecule is CCCN(CCC)C(=O)c1cc(-c2nnc([C@@](C)(Cc3ccccc3)NC(=O)OC(C)(C)C)o2)cc(-c2occc2C(N)=O)c1. The molecule has 11 heteroatoms. The monoisotopic (exact) mass is 615 g/mol. The van der Waals surface area contributed by atoms with Crippen LogP contribution in [0.5, 0.6) is 0 Å². The van der Waals surface area contributed by atoms with Gasteiger partial charge in [-0.3, -0.25) is 9.59 Å². The van der Waals surface area contributed by atoms with Gasteiger partial charge in [-0.2, -0.15) is 0 Å². The van der Waals surface area contributed by atoms with E-state index in [2.05, 4.69) is 15.5 Å². The van der Waals surface area contributed by atoms with Crippen LogP contribution in [-0.2, 0) is 16.7 Å². The molecule has 0 saturated carbocycles. The Hall–Kier alpha value is -4.93. The third-order valence-electron chi connectivity index (χ3n) is 6.97. The molecule has 2 aromatic carbocycles. The molecule has 0 radical (unpaired) electrons. The maximum Gasteiger partial charge on any atom is 0.408 e. The van der Waals surface area contributed by atoms with Crippen molar-refractivity contribution in [2.75, 3.05) is 13.1 Å². The van der Waals surface area contributed by atoms with Crippen molar-refractivity contribution >= 4 is 17.9 Å². The number of carbonyl (C=O) groups excluding carboxylic acids is 3. The average molecular weight is 616 g/mol. The van der Waals surface area contributed by atoms with Crippen molar-refractivity contribution in [3.05, 3.63) is 83.4 Å². The Labute approximate surface area is 263 Å². The van der Waals surface area contributed by atoms with E-state index in [1.165, 1.54) is 12.3 Å². The van der Waals surface area contributed by atoms with Crippen LogP contribution in [0.15, 0.2) is 69.7 Å². The molecule has 3 amide bonds. The summed E-state index contributed by atoms with van der Waals surface area (Å²) >= 11 is 0. The Morgan fingerprint density at radius 1 is 0.933 bits per heavy atom. The van der Waals surface area contributed by atoms with E-state index in [1.54, 1.807) is 50.8 Å². The minimum absolute atomic E-state index is 0.107. The largest absolute Gasteiger partial charge is 0.464 e. The molecule has 0 aliphatic rings. The van der Waals surface area contributed by atoms with Gasteiger partial charge in [-0.25, -0.2) is 4.79 Å². The minimum Gasteiger partial charge on any atom is -0.464 e. The molecule has 0 fully saturated rings. The maximum atomic E-state index is 13.7. The van der Waals surface area contributed by atoms with Gasteiger partial charge in [0.15, 0.2) is 0 Å². The van der Waals surface area contributed by atoms with Gasteiger partial charge in [-0.05, 0) is 70.4 Å². The van der Waals surface area contributed by atoms with Gasteiger partial charge in [0.25, 0.3) is 11.8 Å². The molecule has 238 valence electrons. The lowest BCUT2D eigenvalue weighted by Gasteiger charge is -2.29. The van der Waals surface area contributed by atoms with Crippen molar-refractivity contribution in [3.8, 4) is 22.8 Å². The molecule has 1 atom stereocenters. The summed E-state index contributed by atoms with van der Waals surface area (Å²) in [4.78, 5) is 40.6. The molecule has 0 spiro atoms. The van der Waals surface area contributed by atoms with Crippen LogP contribution < -0.4 is 11.1 Å². The summed E-state index contributed by atoms with van der Waals surface area (Å²) < 4.78 is 17.4. The van der Waals surface area contributed by atoms with Gasteiger partial charge in [0.05, 0.1) is 11.8 Å². The van der Waals surface area contributed by atoms with E-state index in [4.69, 9.17) is 19.3 Å². The van der Waals surface area contributed by atoms with Gasteiger partial charge < -0.3 is 29.5 Å². The number of primary amides is 1. The number of benzene rings is 2. The predicted molar refractivity (Wildman–Crippen MR) is 169 cm³/mol. The summed E-state index contributed by atoms with van der Waals surface area (Å²) in [6, 6.07) is 16.1. The van der Waals surface area contributed by atoms with Crippen LogP contribution in [0.3, 0.4) is 0 Å². The molecule has 0 aliphatic carbocycles. The second kappa shape index (κ2) is 13.8. The lowest BCUT2D eigenvalue weighted by molar-refractivity contribution is 0.0443. The van der Waals surface area contributed by atoms with Crippen LogP contribution in [0.2, 0.25) is 0 Å². The molecule has 4 aromatic rings. The zero-order valence-electron chi connectivity index (χ0n) is 26.7. The zero-order valence-corrected chi connectivity index (χ0v) is 26.7. The van der Waals surface area contributed by atoms with Gasteiger partial charge in [-0.15, -0.1) is 10.2 Å². The Morgan fingerprint density at radius 3 is 2.22 bits per heavy atom. The topological polar surface area (TPSA) is 154 Å². The van der Waals surface area contributed by atoms with Gasteiger partial charge >= 0.3 is 6.09 Å². The van der Waals surface area contributed by atoms with E-state index in [1.807, 2.05) is 44.2 Å². The number of alkyl carbamates (subject to hydrolysis) is 1. The Morgan fingerprint density at radius 2 is 1.60 bits per heavy atom. The average Bonchev–Trinajstić information content (AvgIpc) is 3.67. The van der Waals surface area contributed by atoms with Crippen molar-refractivity contribution in [3.63, 3.8) is 0 Å². The number of ether oxygens (including phenoxy) is 1. The molecule has 0 saturated heterocycles. The molecular formula is C34H41N5O6. The third-order valence-corrected chi connectivity index (χ3v) is 6.97. The molecule has 2 aromatic heterocycles. The Balaban J connectivity index is 1.81. The van der Waals surface area contributed by atoms with Gasteiger partial charge in [0.1, 0.15) is 16.9 Å². The number of carbonyl (C=O) groups is 3. The number of hydrogen-bond acceptors (Lipinski definition) is 8. The number of nitrogens with one attached hydrogen (secondary N) is 1. The normalized spacial score (nSPS) is 12.8. The maximum absolute atomic E-state index is 13.7. The third kappa shape index (κ3) is 8.17. The minimum atomic E-state index is -1.15. The Kier molecular flexibility index (Phi) is 10.1. The summed E-state index contributed by atoms with van der Waals surface area (Å²) in [5.74, 6) is -0.387. The van der Waals surface area contributed by atoms with Crippen molar-refractivity contribution < 1.29 is 28.0 Å². The highest BCUT2D eigenvalue weighted by atomic mass is 16.6. The highest BCUT2D eigenvalue weighted by Gasteiger charge is 2.37. The van der Waals surface area contributed by atoms with E-state index in [0.717, 1.165) is 18.4 Å². The zero-order chi connectivity index (χ0) is 32.8. The number of hydrogen-bond donors (Lipinski definition) is 2. The predicted octanol–water partition coefficient (Wildman–Crippen LogP) is 6.34. The van der Waals surface area contributed by atoms with E-state index in [9.17, 15) is 14.4 Å². The first-order valence-electron chi connectivity index (χ1n) is 15.0. The molecule has 0 unspecified atom stereocenters. The number of nitrogens with zero attached hydrogens (tertiary/aromatic N) is 3. The van der Waals surface area contributed by atoms with Crippen LogP contribution in [0.1, 0.15) is 86.6 Å². The lowest BCUT2D eigenvalue weighted by Crippen LogP contribution is -2.47. The van der Waals surface area contributed by atoms with Crippen molar-refractivity contribution in [2.45, 2.75) is 71.9 Å². The summed E-state index contributed by atoms with van der Waals surface area (Å²) in [6.07, 6.45) is 2.64. The fourth-order valence-electron chi connectivity index (χ4n) is 5.04. The molecule has 0 bridgehead atoms. The number of rotatable bonds is 12. The molecular weight excluding hydrogens is 574 g/mol. The quantitative estimate of drug-likeness (QED) is 0.187. The Bertz CT molecular complexity index is 1630. The standard InChI is InChI=1S/C34H41N5O6/c1-7-15-39(16-8-2)30(41)25-19-23(27-26(28(35)40)14-17-43-27)18-24(20-25)29-37-38-31(44-29)34(6,21-22-12-10-9-11-13-22)36-32(42)45-33(3,4)5/h9-14,17-20H,7-8,15-16,21H2,1-6H3,(H2,35,40)(H,36,42)/t34-/m1/s1. The fourth-order valence-corrected chi connectivity index (χ4v) is 5.04. The first kappa shape index (κ1) is 33.0. The lowest BCUT2D eigenvalue weighted by atomic mass is 9.92. The van der Waals surface area contributed by atoms with E-state index in [-0.39, 0.29) is 29.0 Å². The van der Waals surface area contributed by atoms with E-state index < -0.39 is 23.1 Å². The summed E-state index contributed by atoms with van der Waals surface area (Å²) in [5.41, 5.74) is 6.06. The number of aromatic nitrogens is 2. The number of nitrogens with two attached hydrogens (primary N) is 1. The van der Waals surface area contributed by atoms with Crippen LogP contribution in [0.25, 0.3) is 22.8 Å². The molecule has 0 aliphatic heterocycles. The van der Waals surface area contributed by atoms with Crippen molar-refractivity contribution in [1.82, 2.24) is 20.4 Å². The first-order chi connectivity index (χ1) is 21.3. The van der Waals surface area contributed by atoms with Crippen LogP contribution in [-0.4, -0.2) is 51.7 Å². The fraction of sp³-hybridized carbons (Fsp3) is 0.382. The second-order valence-electron chi connectivity index (χ2n) is 12.2. The molecule has 4 rings (SSSR count). The molecule has 11 nitrogen and oxygen atoms in total. The second-order valence-corrected chi connectivity index (χ2v) is 12.2. The molecule has 2 heterocycles. The van der Waals surface area contributed by atoms with Crippen LogP contribution in [0.4, 0.5) is 4.79 Å². The van der Waals surface area contributed by atoms with Gasteiger partial charge in [-0.1, -0.05) is 44.2 Å². The highest BCUT2D eigenvalue weighted by molar-refractivity contribution is 6.01. The van der Waals surface area contributed by atoms with Crippen molar-refractivity contribution in [1.29, 1.82) is 0 Å². The smallest absolute Gasteiger partial charge is 0.408 e. The molecule has 3 N–H and O–H groups in total. The summed E-state index contributed by atoms with van der Waals surface area (Å²) in [5, 5.41) is 11.6. The van der Waals surface area contributed by atoms with E-state index >= 15 is 0 Å².